The maximum absolute atomic E-state index is 11.6. The Hall–Kier alpha value is -2.33. The molecule has 2 heterocycles. The molecule has 0 aromatic heterocycles. The first-order valence-corrected chi connectivity index (χ1v) is 7.42. The highest BCUT2D eigenvalue weighted by atomic mass is 35.5. The van der Waals surface area contributed by atoms with E-state index in [2.05, 4.69) is 10.3 Å². The number of carboxylic acids is 1. The molecule has 2 unspecified atom stereocenters. The number of nitrogens with zero attached hydrogens (tertiary/aromatic N) is 1. The SMILES string of the molecule is O=C(O)C1=CN=C2C=CC=CC23C1=CCC1=CC=C(Cl)NC13. The third-order valence-electron chi connectivity index (χ3n) is 4.54. The van der Waals surface area contributed by atoms with E-state index in [1.165, 1.54) is 11.8 Å². The van der Waals surface area contributed by atoms with E-state index in [0.29, 0.717) is 11.6 Å². The van der Waals surface area contributed by atoms with Crippen LogP contribution < -0.4 is 5.32 Å². The molecule has 4 aliphatic rings. The first kappa shape index (κ1) is 13.3. The molecule has 0 fully saturated rings. The Morgan fingerprint density at radius 3 is 3.09 bits per heavy atom. The van der Waals surface area contributed by atoms with Crippen LogP contribution in [0.1, 0.15) is 6.42 Å². The molecule has 1 spiro atoms. The standard InChI is InChI=1S/C17H13ClN2O2/c18-14-7-5-10-4-6-12-11(16(21)22)9-19-13-3-1-2-8-17(12,13)15(10)20-14/h1-3,5-9,15,20H,4H2,(H,21,22). The van der Waals surface area contributed by atoms with Gasteiger partial charge in [-0.2, -0.15) is 0 Å². The van der Waals surface area contributed by atoms with Crippen molar-refractivity contribution in [3.05, 3.63) is 70.6 Å². The highest BCUT2D eigenvalue weighted by Gasteiger charge is 2.51. The van der Waals surface area contributed by atoms with Gasteiger partial charge in [-0.05, 0) is 29.7 Å². The van der Waals surface area contributed by atoms with Gasteiger partial charge in [0.1, 0.15) is 5.16 Å². The molecule has 0 saturated carbocycles. The van der Waals surface area contributed by atoms with Crippen LogP contribution in [0.25, 0.3) is 0 Å². The summed E-state index contributed by atoms with van der Waals surface area (Å²) >= 11 is 6.17. The molecule has 0 aromatic rings. The summed E-state index contributed by atoms with van der Waals surface area (Å²) in [6, 6.07) is -0.118. The van der Waals surface area contributed by atoms with Gasteiger partial charge >= 0.3 is 5.97 Å². The molecule has 110 valence electrons. The maximum atomic E-state index is 11.6. The second kappa shape index (κ2) is 4.58. The van der Waals surface area contributed by atoms with Crippen LogP contribution in [0.2, 0.25) is 0 Å². The second-order valence-corrected chi connectivity index (χ2v) is 6.01. The molecule has 0 bridgehead atoms. The van der Waals surface area contributed by atoms with Gasteiger partial charge in [-0.1, -0.05) is 42.0 Å². The minimum Gasteiger partial charge on any atom is -0.478 e. The predicted molar refractivity (Wildman–Crippen MR) is 85.5 cm³/mol. The number of hydrogen-bond acceptors (Lipinski definition) is 3. The number of hydrogen-bond donors (Lipinski definition) is 2. The Morgan fingerprint density at radius 1 is 1.41 bits per heavy atom. The number of halogens is 1. The van der Waals surface area contributed by atoms with E-state index in [1.54, 1.807) is 0 Å². The van der Waals surface area contributed by atoms with Crippen molar-refractivity contribution in [2.45, 2.75) is 12.5 Å². The lowest BCUT2D eigenvalue weighted by molar-refractivity contribution is -0.132. The number of allylic oxidation sites excluding steroid dienone is 6. The summed E-state index contributed by atoms with van der Waals surface area (Å²) in [6.07, 6.45) is 15.8. The fraction of sp³-hybridized carbons (Fsp3) is 0.176. The molecule has 4 nitrogen and oxygen atoms in total. The average Bonchev–Trinajstić information content (AvgIpc) is 2.52. The zero-order valence-corrected chi connectivity index (χ0v) is 12.3. The molecular weight excluding hydrogens is 300 g/mol. The van der Waals surface area contributed by atoms with Crippen molar-refractivity contribution in [2.75, 3.05) is 0 Å². The lowest BCUT2D eigenvalue weighted by Crippen LogP contribution is -2.54. The summed E-state index contributed by atoms with van der Waals surface area (Å²) in [4.78, 5) is 16.0. The van der Waals surface area contributed by atoms with Gasteiger partial charge in [0, 0.05) is 6.20 Å². The zero-order chi connectivity index (χ0) is 15.3. The molecule has 0 radical (unpaired) electrons. The average molecular weight is 313 g/mol. The van der Waals surface area contributed by atoms with Crippen molar-refractivity contribution in [1.82, 2.24) is 5.32 Å². The summed E-state index contributed by atoms with van der Waals surface area (Å²) in [5, 5.41) is 13.4. The van der Waals surface area contributed by atoms with Crippen LogP contribution in [0.4, 0.5) is 0 Å². The van der Waals surface area contributed by atoms with Crippen LogP contribution in [-0.2, 0) is 4.79 Å². The fourth-order valence-electron chi connectivity index (χ4n) is 3.60. The topological polar surface area (TPSA) is 61.7 Å². The van der Waals surface area contributed by atoms with Crippen molar-refractivity contribution in [3.63, 3.8) is 0 Å². The van der Waals surface area contributed by atoms with Crippen molar-refractivity contribution in [3.8, 4) is 0 Å². The third-order valence-corrected chi connectivity index (χ3v) is 4.78. The van der Waals surface area contributed by atoms with E-state index in [-0.39, 0.29) is 11.6 Å². The van der Waals surface area contributed by atoms with E-state index >= 15 is 0 Å². The van der Waals surface area contributed by atoms with Crippen LogP contribution in [0, 0.1) is 5.41 Å². The van der Waals surface area contributed by atoms with E-state index < -0.39 is 11.4 Å². The second-order valence-electron chi connectivity index (χ2n) is 5.60. The van der Waals surface area contributed by atoms with Gasteiger partial charge < -0.3 is 10.4 Å². The number of fused-ring (bicyclic) bond motifs is 1. The Balaban J connectivity index is 1.97. The number of dihydropyridines is 1. The molecule has 2 aliphatic heterocycles. The van der Waals surface area contributed by atoms with Crippen LogP contribution in [0.5, 0.6) is 0 Å². The summed E-state index contributed by atoms with van der Waals surface area (Å²) < 4.78 is 0. The number of nitrogens with one attached hydrogen (secondary N) is 1. The van der Waals surface area contributed by atoms with E-state index in [9.17, 15) is 9.90 Å². The largest absolute Gasteiger partial charge is 0.478 e. The number of carboxylic acid groups (broad SMARTS) is 1. The van der Waals surface area contributed by atoms with Crippen LogP contribution in [-0.4, -0.2) is 22.8 Å². The Kier molecular flexibility index (Phi) is 2.78. The van der Waals surface area contributed by atoms with Crippen molar-refractivity contribution in [1.29, 1.82) is 0 Å². The lowest BCUT2D eigenvalue weighted by Gasteiger charge is -2.48. The van der Waals surface area contributed by atoms with Gasteiger partial charge in [-0.25, -0.2) is 4.79 Å². The molecule has 0 amide bonds. The Bertz CT molecular complexity index is 795. The minimum absolute atomic E-state index is 0.118. The fourth-order valence-corrected chi connectivity index (χ4v) is 3.77. The van der Waals surface area contributed by atoms with Gasteiger partial charge in [-0.3, -0.25) is 4.99 Å². The van der Waals surface area contributed by atoms with Gasteiger partial charge in [0.05, 0.1) is 22.7 Å². The van der Waals surface area contributed by atoms with E-state index in [1.807, 2.05) is 42.5 Å². The summed E-state index contributed by atoms with van der Waals surface area (Å²) in [5.74, 6) is -0.957. The van der Waals surface area contributed by atoms with Crippen LogP contribution in [0.15, 0.2) is 75.6 Å². The minimum atomic E-state index is -0.957. The highest BCUT2D eigenvalue weighted by molar-refractivity contribution is 6.29. The normalized spacial score (nSPS) is 31.3. The summed E-state index contributed by atoms with van der Waals surface area (Å²) in [7, 11) is 0. The number of rotatable bonds is 1. The number of aliphatic imine (C=N–C) groups is 1. The third kappa shape index (κ3) is 1.64. The van der Waals surface area contributed by atoms with Gasteiger partial charge in [-0.15, -0.1) is 0 Å². The van der Waals surface area contributed by atoms with Crippen LogP contribution in [0.3, 0.4) is 0 Å². The van der Waals surface area contributed by atoms with Crippen molar-refractivity contribution < 1.29 is 9.90 Å². The molecule has 0 aromatic carbocycles. The maximum Gasteiger partial charge on any atom is 0.337 e. The smallest absolute Gasteiger partial charge is 0.337 e. The quantitative estimate of drug-likeness (QED) is 0.732. The van der Waals surface area contributed by atoms with Crippen molar-refractivity contribution >= 4 is 23.3 Å². The molecular formula is C17H13ClN2O2. The Labute approximate surface area is 132 Å². The van der Waals surface area contributed by atoms with E-state index in [0.717, 1.165) is 11.3 Å². The molecule has 2 atom stereocenters. The van der Waals surface area contributed by atoms with Gasteiger partial charge in [0.15, 0.2) is 0 Å². The molecule has 2 N–H and O–H groups in total. The van der Waals surface area contributed by atoms with Gasteiger partial charge in [0.2, 0.25) is 0 Å². The van der Waals surface area contributed by atoms with Crippen LogP contribution >= 0.6 is 11.6 Å². The molecule has 22 heavy (non-hydrogen) atoms. The number of aliphatic carboxylic acids is 1. The molecule has 2 aliphatic carbocycles. The van der Waals surface area contributed by atoms with Gasteiger partial charge in [0.25, 0.3) is 0 Å². The summed E-state index contributed by atoms with van der Waals surface area (Å²) in [6.45, 7) is 0. The molecule has 4 rings (SSSR count). The first-order chi connectivity index (χ1) is 10.6. The number of carbonyl (C=O) groups is 1. The molecule has 0 saturated heterocycles. The summed E-state index contributed by atoms with van der Waals surface area (Å²) in [5.41, 5.74) is 2.42. The van der Waals surface area contributed by atoms with Crippen molar-refractivity contribution in [2.24, 2.45) is 10.4 Å². The highest BCUT2D eigenvalue weighted by Crippen LogP contribution is 2.50. The monoisotopic (exact) mass is 312 g/mol. The van der Waals surface area contributed by atoms with E-state index in [4.69, 9.17) is 11.6 Å². The molecule has 5 heteroatoms. The lowest BCUT2D eigenvalue weighted by atomic mass is 9.60. The zero-order valence-electron chi connectivity index (χ0n) is 11.6. The Morgan fingerprint density at radius 2 is 2.27 bits per heavy atom. The first-order valence-electron chi connectivity index (χ1n) is 7.04. The predicted octanol–water partition coefficient (Wildman–Crippen LogP) is 2.83.